The molecule has 2 aliphatic rings. The first-order valence-corrected chi connectivity index (χ1v) is 11.7. The molecule has 8 nitrogen and oxygen atoms in total. The summed E-state index contributed by atoms with van der Waals surface area (Å²) in [5.74, 6) is 1.59. The van der Waals surface area contributed by atoms with E-state index in [4.69, 9.17) is 0 Å². The number of hydrogen-bond donors (Lipinski definition) is 0. The molecule has 2 unspecified atom stereocenters. The number of aromatic nitrogens is 3. The predicted octanol–water partition coefficient (Wildman–Crippen LogP) is 0.943. The Hall–Kier alpha value is -2.00. The van der Waals surface area contributed by atoms with Crippen LogP contribution in [-0.2, 0) is 14.6 Å². The number of sulfone groups is 1. The second kappa shape index (κ2) is 7.44. The Morgan fingerprint density at radius 1 is 1.21 bits per heavy atom. The third kappa shape index (κ3) is 3.65. The lowest BCUT2D eigenvalue weighted by Crippen LogP contribution is -2.51. The van der Waals surface area contributed by atoms with Crippen LogP contribution in [0.15, 0.2) is 24.4 Å². The lowest BCUT2D eigenvalue weighted by Gasteiger charge is -2.37. The van der Waals surface area contributed by atoms with E-state index in [1.165, 1.54) is 0 Å². The first-order valence-electron chi connectivity index (χ1n) is 9.86. The molecule has 0 aliphatic carbocycles. The van der Waals surface area contributed by atoms with Gasteiger partial charge < -0.3 is 4.90 Å². The van der Waals surface area contributed by atoms with Gasteiger partial charge in [0.15, 0.2) is 15.5 Å². The fourth-order valence-corrected chi connectivity index (χ4v) is 6.17. The molecule has 4 heterocycles. The van der Waals surface area contributed by atoms with Gasteiger partial charge in [0.2, 0.25) is 5.91 Å². The Kier molecular flexibility index (Phi) is 5.13. The number of fused-ring (bicyclic) bond motifs is 1. The monoisotopic (exact) mass is 405 g/mol. The van der Waals surface area contributed by atoms with E-state index in [1.54, 1.807) is 11.9 Å². The van der Waals surface area contributed by atoms with Crippen molar-refractivity contribution < 1.29 is 13.2 Å². The largest absolute Gasteiger partial charge is 0.340 e. The van der Waals surface area contributed by atoms with Crippen molar-refractivity contribution in [2.24, 2.45) is 0 Å². The van der Waals surface area contributed by atoms with Crippen molar-refractivity contribution in [2.75, 3.05) is 31.6 Å². The van der Waals surface area contributed by atoms with Gasteiger partial charge in [0.1, 0.15) is 5.82 Å². The molecule has 2 fully saturated rings. The van der Waals surface area contributed by atoms with E-state index in [0.29, 0.717) is 12.3 Å². The standard InChI is InChI=1S/C19H27N5O3S/c1-14(19(25)22(2)16-8-12-28(26,27)13-16)23-10-6-15(7-11-23)18-21-20-17-5-3-4-9-24(17)18/h3-5,9,14-16H,6-8,10-13H2,1-2H3. The number of pyridine rings is 1. The summed E-state index contributed by atoms with van der Waals surface area (Å²) < 4.78 is 25.5. The number of piperidine rings is 1. The molecule has 0 bridgehead atoms. The summed E-state index contributed by atoms with van der Waals surface area (Å²) >= 11 is 0. The molecular formula is C19H27N5O3S. The van der Waals surface area contributed by atoms with Crippen LogP contribution in [0, 0.1) is 0 Å². The second-order valence-corrected chi connectivity index (χ2v) is 10.2. The summed E-state index contributed by atoms with van der Waals surface area (Å²) in [4.78, 5) is 16.7. The average molecular weight is 406 g/mol. The van der Waals surface area contributed by atoms with E-state index in [2.05, 4.69) is 15.1 Å². The summed E-state index contributed by atoms with van der Waals surface area (Å²) in [6.45, 7) is 3.56. The molecule has 2 atom stereocenters. The van der Waals surface area contributed by atoms with Crippen LogP contribution in [0.1, 0.15) is 37.9 Å². The Morgan fingerprint density at radius 3 is 2.64 bits per heavy atom. The average Bonchev–Trinajstić information content (AvgIpc) is 3.29. The SMILES string of the molecule is CC(C(=O)N(C)C1CCS(=O)(=O)C1)N1CCC(c2nnc3ccccn23)CC1. The smallest absolute Gasteiger partial charge is 0.239 e. The molecule has 1 amide bonds. The molecule has 2 aliphatic heterocycles. The second-order valence-electron chi connectivity index (χ2n) is 7.98. The fourth-order valence-electron chi connectivity index (χ4n) is 4.39. The fraction of sp³-hybridized carbons (Fsp3) is 0.632. The van der Waals surface area contributed by atoms with Crippen LogP contribution in [0.5, 0.6) is 0 Å². The van der Waals surface area contributed by atoms with Crippen molar-refractivity contribution in [2.45, 2.75) is 44.2 Å². The topological polar surface area (TPSA) is 87.9 Å². The highest BCUT2D eigenvalue weighted by Gasteiger charge is 2.36. The van der Waals surface area contributed by atoms with Gasteiger partial charge in [0.25, 0.3) is 0 Å². The van der Waals surface area contributed by atoms with Gasteiger partial charge in [-0.15, -0.1) is 10.2 Å². The zero-order chi connectivity index (χ0) is 19.9. The molecule has 2 aromatic heterocycles. The van der Waals surface area contributed by atoms with E-state index in [-0.39, 0.29) is 29.5 Å². The highest BCUT2D eigenvalue weighted by Crippen LogP contribution is 2.28. The van der Waals surface area contributed by atoms with Gasteiger partial charge >= 0.3 is 0 Å². The van der Waals surface area contributed by atoms with Crippen LogP contribution >= 0.6 is 0 Å². The summed E-state index contributed by atoms with van der Waals surface area (Å²) in [5.41, 5.74) is 0.858. The van der Waals surface area contributed by atoms with Crippen molar-refractivity contribution in [3.8, 4) is 0 Å². The third-order valence-corrected chi connectivity index (χ3v) is 7.99. The minimum atomic E-state index is -3.00. The van der Waals surface area contributed by atoms with Crippen LogP contribution < -0.4 is 0 Å². The zero-order valence-electron chi connectivity index (χ0n) is 16.4. The first-order chi connectivity index (χ1) is 13.4. The van der Waals surface area contributed by atoms with Crippen LogP contribution in [0.25, 0.3) is 5.65 Å². The van der Waals surface area contributed by atoms with Crippen LogP contribution in [0.2, 0.25) is 0 Å². The highest BCUT2D eigenvalue weighted by molar-refractivity contribution is 7.91. The number of carbonyl (C=O) groups is 1. The molecule has 152 valence electrons. The summed E-state index contributed by atoms with van der Waals surface area (Å²) in [6, 6.07) is 5.44. The number of likely N-dealkylation sites (N-methyl/N-ethyl adjacent to an activating group) is 1. The number of likely N-dealkylation sites (tertiary alicyclic amines) is 1. The van der Waals surface area contributed by atoms with Gasteiger partial charge in [-0.2, -0.15) is 0 Å². The van der Waals surface area contributed by atoms with Gasteiger partial charge in [-0.05, 0) is 51.4 Å². The van der Waals surface area contributed by atoms with Gasteiger partial charge in [-0.25, -0.2) is 8.42 Å². The zero-order valence-corrected chi connectivity index (χ0v) is 17.2. The summed E-state index contributed by atoms with van der Waals surface area (Å²) in [6.07, 6.45) is 4.39. The van der Waals surface area contributed by atoms with Gasteiger partial charge in [0, 0.05) is 25.2 Å². The van der Waals surface area contributed by atoms with E-state index in [0.717, 1.165) is 37.4 Å². The van der Waals surface area contributed by atoms with Crippen molar-refractivity contribution in [1.29, 1.82) is 0 Å². The molecule has 2 saturated heterocycles. The molecule has 9 heteroatoms. The minimum Gasteiger partial charge on any atom is -0.340 e. The van der Waals surface area contributed by atoms with Gasteiger partial charge in [-0.1, -0.05) is 6.07 Å². The Labute approximate surface area is 165 Å². The van der Waals surface area contributed by atoms with Gasteiger partial charge in [-0.3, -0.25) is 14.1 Å². The van der Waals surface area contributed by atoms with Crippen molar-refractivity contribution in [3.05, 3.63) is 30.2 Å². The quantitative estimate of drug-likeness (QED) is 0.752. The van der Waals surface area contributed by atoms with E-state index >= 15 is 0 Å². The molecule has 0 radical (unpaired) electrons. The lowest BCUT2D eigenvalue weighted by atomic mass is 9.95. The Morgan fingerprint density at radius 2 is 1.96 bits per heavy atom. The van der Waals surface area contributed by atoms with Crippen LogP contribution in [0.3, 0.4) is 0 Å². The lowest BCUT2D eigenvalue weighted by molar-refractivity contribution is -0.137. The van der Waals surface area contributed by atoms with Crippen LogP contribution in [0.4, 0.5) is 0 Å². The number of rotatable bonds is 4. The molecule has 0 aromatic carbocycles. The Balaban J connectivity index is 1.37. The molecule has 4 rings (SSSR count). The van der Waals surface area contributed by atoms with E-state index in [1.807, 2.05) is 35.7 Å². The maximum atomic E-state index is 12.9. The van der Waals surface area contributed by atoms with E-state index in [9.17, 15) is 13.2 Å². The number of hydrogen-bond acceptors (Lipinski definition) is 6. The minimum absolute atomic E-state index is 0.00785. The molecule has 28 heavy (non-hydrogen) atoms. The predicted molar refractivity (Wildman–Crippen MR) is 106 cm³/mol. The van der Waals surface area contributed by atoms with Crippen molar-refractivity contribution >= 4 is 21.4 Å². The normalized spacial score (nSPS) is 24.4. The molecule has 0 N–H and O–H groups in total. The van der Waals surface area contributed by atoms with Crippen molar-refractivity contribution in [1.82, 2.24) is 24.4 Å². The highest BCUT2D eigenvalue weighted by atomic mass is 32.2. The maximum absolute atomic E-state index is 12.9. The molecular weight excluding hydrogens is 378 g/mol. The number of carbonyl (C=O) groups excluding carboxylic acids is 1. The molecule has 0 spiro atoms. The third-order valence-electron chi connectivity index (χ3n) is 6.24. The maximum Gasteiger partial charge on any atom is 0.239 e. The number of nitrogens with zero attached hydrogens (tertiary/aromatic N) is 5. The number of amides is 1. The summed E-state index contributed by atoms with van der Waals surface area (Å²) in [7, 11) is -1.26. The molecule has 0 saturated carbocycles. The molecule has 2 aromatic rings. The van der Waals surface area contributed by atoms with Crippen molar-refractivity contribution in [3.63, 3.8) is 0 Å². The first kappa shape index (κ1) is 19.3. The summed E-state index contributed by atoms with van der Waals surface area (Å²) in [5, 5.41) is 8.63. The Bertz CT molecular complexity index is 965. The van der Waals surface area contributed by atoms with E-state index < -0.39 is 9.84 Å². The van der Waals surface area contributed by atoms with Crippen LogP contribution in [-0.4, -0.2) is 82.4 Å². The van der Waals surface area contributed by atoms with Gasteiger partial charge in [0.05, 0.1) is 17.5 Å².